The third-order valence-electron chi connectivity index (χ3n) is 6.22. The average Bonchev–Trinajstić information content (AvgIpc) is 3.24. The molecule has 1 aliphatic rings. The monoisotopic (exact) mass is 501 g/mol. The number of nitrogens with zero attached hydrogens (tertiary/aromatic N) is 4. The molecule has 4 aromatic rings. The predicted molar refractivity (Wildman–Crippen MR) is 141 cm³/mol. The summed E-state index contributed by atoms with van der Waals surface area (Å²) in [6, 6.07) is 15.7. The second-order valence-electron chi connectivity index (χ2n) is 8.66. The SMILES string of the molecule is [B]c1ccc(S(=O)(=O)N2CCCC(CNc3cc(-c4ccccc4Cl)nc4c([B])cnn34)C2)cc1. The van der Waals surface area contributed by atoms with Crippen molar-refractivity contribution < 1.29 is 8.42 Å². The zero-order valence-electron chi connectivity index (χ0n) is 18.9. The van der Waals surface area contributed by atoms with Gasteiger partial charge in [-0.25, -0.2) is 13.4 Å². The Morgan fingerprint density at radius 2 is 1.89 bits per heavy atom. The summed E-state index contributed by atoms with van der Waals surface area (Å²) in [6.45, 7) is 1.48. The molecule has 0 amide bonds. The standard InChI is InChI=1S/C24H22B2ClN5O2S/c25-17-7-9-18(10-8-17)35(33,34)31-11-3-4-16(15-31)13-28-23-12-22(19-5-1-2-6-21(19)27)30-24-20(26)14-29-32(23)24/h1-2,5-10,12,14,16,28H,3-4,11,13,15H2. The Kier molecular flexibility index (Phi) is 6.61. The largest absolute Gasteiger partial charge is 0.370 e. The van der Waals surface area contributed by atoms with Gasteiger partial charge in [-0.15, -0.1) is 0 Å². The van der Waals surface area contributed by atoms with E-state index in [-0.39, 0.29) is 10.8 Å². The van der Waals surface area contributed by atoms with Crippen LogP contribution in [0.4, 0.5) is 5.82 Å². The van der Waals surface area contributed by atoms with Crippen LogP contribution in [0.5, 0.6) is 0 Å². The predicted octanol–water partition coefficient (Wildman–Crippen LogP) is 2.15. The van der Waals surface area contributed by atoms with Crippen LogP contribution < -0.4 is 16.2 Å². The van der Waals surface area contributed by atoms with Gasteiger partial charge < -0.3 is 5.32 Å². The van der Waals surface area contributed by atoms with Crippen LogP contribution in [0.2, 0.25) is 5.02 Å². The third kappa shape index (κ3) is 4.83. The number of anilines is 1. The first kappa shape index (κ1) is 23.9. The molecule has 5 rings (SSSR count). The maximum Gasteiger partial charge on any atom is 0.243 e. The molecule has 0 saturated carbocycles. The Morgan fingerprint density at radius 3 is 2.66 bits per heavy atom. The van der Waals surface area contributed by atoms with Crippen LogP contribution in [-0.4, -0.2) is 62.6 Å². The molecule has 1 atom stereocenters. The minimum atomic E-state index is -3.58. The summed E-state index contributed by atoms with van der Waals surface area (Å²) in [6.07, 6.45) is 3.25. The Labute approximate surface area is 212 Å². The summed E-state index contributed by atoms with van der Waals surface area (Å²) < 4.78 is 29.5. The van der Waals surface area contributed by atoms with Crippen molar-refractivity contribution in [1.82, 2.24) is 18.9 Å². The quantitative estimate of drug-likeness (QED) is 0.410. The van der Waals surface area contributed by atoms with Gasteiger partial charge in [0, 0.05) is 42.5 Å². The first-order chi connectivity index (χ1) is 16.8. The molecule has 1 fully saturated rings. The molecule has 4 radical (unpaired) electrons. The third-order valence-corrected chi connectivity index (χ3v) is 8.43. The van der Waals surface area contributed by atoms with Crippen molar-refractivity contribution in [1.29, 1.82) is 0 Å². The van der Waals surface area contributed by atoms with Crippen LogP contribution in [-0.2, 0) is 10.0 Å². The van der Waals surface area contributed by atoms with Crippen LogP contribution in [0.25, 0.3) is 16.9 Å². The molecule has 1 unspecified atom stereocenters. The number of fused-ring (bicyclic) bond motifs is 1. The van der Waals surface area contributed by atoms with Gasteiger partial charge in [-0.05, 0) is 42.4 Å². The van der Waals surface area contributed by atoms with Gasteiger partial charge in [-0.2, -0.15) is 13.9 Å². The van der Waals surface area contributed by atoms with E-state index in [4.69, 9.17) is 27.3 Å². The molecule has 1 saturated heterocycles. The van der Waals surface area contributed by atoms with Crippen molar-refractivity contribution >= 4 is 59.7 Å². The molecule has 174 valence electrons. The van der Waals surface area contributed by atoms with E-state index in [1.54, 1.807) is 39.3 Å². The fourth-order valence-electron chi connectivity index (χ4n) is 4.36. The minimum absolute atomic E-state index is 0.118. The molecular formula is C24H22B2ClN5O2S. The molecule has 1 aliphatic heterocycles. The van der Waals surface area contributed by atoms with Crippen molar-refractivity contribution in [3.05, 3.63) is 65.8 Å². The molecule has 1 N–H and O–H groups in total. The molecule has 0 spiro atoms. The highest BCUT2D eigenvalue weighted by atomic mass is 35.5. The number of hydrogen-bond acceptors (Lipinski definition) is 5. The number of sulfonamides is 1. The van der Waals surface area contributed by atoms with E-state index in [1.807, 2.05) is 30.3 Å². The zero-order valence-corrected chi connectivity index (χ0v) is 20.5. The number of halogens is 1. The van der Waals surface area contributed by atoms with Crippen molar-refractivity contribution in [2.75, 3.05) is 25.0 Å². The number of nitrogens with one attached hydrogen (secondary N) is 1. The Morgan fingerprint density at radius 1 is 1.11 bits per heavy atom. The van der Waals surface area contributed by atoms with Crippen LogP contribution in [0.3, 0.4) is 0 Å². The van der Waals surface area contributed by atoms with Crippen LogP contribution in [0.15, 0.2) is 65.7 Å². The first-order valence-electron chi connectivity index (χ1n) is 11.3. The van der Waals surface area contributed by atoms with Crippen molar-refractivity contribution in [3.8, 4) is 11.3 Å². The molecule has 0 bridgehead atoms. The second kappa shape index (κ2) is 9.68. The van der Waals surface area contributed by atoms with E-state index in [0.717, 1.165) is 18.4 Å². The van der Waals surface area contributed by atoms with Crippen LogP contribution in [0, 0.1) is 5.92 Å². The summed E-state index contributed by atoms with van der Waals surface area (Å²) in [5.74, 6) is 0.826. The van der Waals surface area contributed by atoms with Gasteiger partial charge in [0.15, 0.2) is 5.65 Å². The number of aromatic nitrogens is 3. The highest BCUT2D eigenvalue weighted by Gasteiger charge is 2.30. The first-order valence-corrected chi connectivity index (χ1v) is 13.1. The Bertz CT molecular complexity index is 1480. The lowest BCUT2D eigenvalue weighted by molar-refractivity contribution is 0.275. The summed E-state index contributed by atoms with van der Waals surface area (Å²) >= 11 is 6.41. The highest BCUT2D eigenvalue weighted by Crippen LogP contribution is 2.29. The molecule has 7 nitrogen and oxygen atoms in total. The van der Waals surface area contributed by atoms with Gasteiger partial charge in [0.2, 0.25) is 10.0 Å². The van der Waals surface area contributed by atoms with Gasteiger partial charge in [-0.3, -0.25) is 0 Å². The van der Waals surface area contributed by atoms with Gasteiger partial charge in [0.05, 0.1) is 10.6 Å². The number of piperidine rings is 1. The Balaban J connectivity index is 1.37. The lowest BCUT2D eigenvalue weighted by atomic mass is 9.97. The maximum atomic E-state index is 13.1. The van der Waals surface area contributed by atoms with Crippen LogP contribution in [0.1, 0.15) is 12.8 Å². The average molecular weight is 502 g/mol. The van der Waals surface area contributed by atoms with Crippen molar-refractivity contribution in [2.45, 2.75) is 17.7 Å². The molecule has 0 aliphatic carbocycles. The number of rotatable bonds is 6. The molecule has 2 aromatic carbocycles. The molecule has 3 heterocycles. The normalized spacial score (nSPS) is 17.0. The highest BCUT2D eigenvalue weighted by molar-refractivity contribution is 7.89. The van der Waals surface area contributed by atoms with E-state index in [9.17, 15) is 8.42 Å². The molecular weight excluding hydrogens is 479 g/mol. The van der Waals surface area contributed by atoms with Gasteiger partial charge in [0.1, 0.15) is 21.5 Å². The van der Waals surface area contributed by atoms with E-state index in [2.05, 4.69) is 15.4 Å². The Hall–Kier alpha value is -2.81. The zero-order chi connectivity index (χ0) is 24.6. The van der Waals surface area contributed by atoms with Gasteiger partial charge >= 0.3 is 0 Å². The number of hydrogen-bond donors (Lipinski definition) is 1. The number of benzene rings is 2. The van der Waals surface area contributed by atoms with E-state index >= 15 is 0 Å². The smallest absolute Gasteiger partial charge is 0.243 e. The maximum absolute atomic E-state index is 13.1. The summed E-state index contributed by atoms with van der Waals surface area (Å²) in [5, 5.41) is 8.39. The van der Waals surface area contributed by atoms with E-state index in [1.165, 1.54) is 0 Å². The molecule has 11 heteroatoms. The van der Waals surface area contributed by atoms with Crippen LogP contribution >= 0.6 is 11.6 Å². The van der Waals surface area contributed by atoms with Gasteiger partial charge in [0.25, 0.3) is 0 Å². The van der Waals surface area contributed by atoms with Crippen molar-refractivity contribution in [2.24, 2.45) is 5.92 Å². The summed E-state index contributed by atoms with van der Waals surface area (Å²) in [7, 11) is 8.25. The lowest BCUT2D eigenvalue weighted by Crippen LogP contribution is -2.41. The minimum Gasteiger partial charge on any atom is -0.370 e. The fourth-order valence-corrected chi connectivity index (χ4v) is 6.15. The van der Waals surface area contributed by atoms with Crippen molar-refractivity contribution in [3.63, 3.8) is 0 Å². The summed E-state index contributed by atoms with van der Waals surface area (Å²) in [5.41, 5.74) is 2.98. The second-order valence-corrected chi connectivity index (χ2v) is 11.0. The van der Waals surface area contributed by atoms with E-state index < -0.39 is 10.0 Å². The van der Waals surface area contributed by atoms with E-state index in [0.29, 0.717) is 52.7 Å². The fraction of sp³-hybridized carbons (Fsp3) is 0.250. The van der Waals surface area contributed by atoms with Gasteiger partial charge in [-0.1, -0.05) is 47.4 Å². The topological polar surface area (TPSA) is 79.6 Å². The summed E-state index contributed by atoms with van der Waals surface area (Å²) in [4.78, 5) is 4.92. The molecule has 35 heavy (non-hydrogen) atoms. The molecule has 2 aromatic heterocycles. The lowest BCUT2D eigenvalue weighted by Gasteiger charge is -2.32.